The molecule has 4 nitrogen and oxygen atoms in total. The zero-order valence-corrected chi connectivity index (χ0v) is 10.8. The van der Waals surface area contributed by atoms with Gasteiger partial charge in [-0.05, 0) is 52.1 Å². The fourth-order valence-corrected chi connectivity index (χ4v) is 2.70. The van der Waals surface area contributed by atoms with E-state index >= 15 is 0 Å². The Morgan fingerprint density at radius 1 is 1.29 bits per heavy atom. The minimum absolute atomic E-state index is 0.177. The molecule has 0 aromatic carbocycles. The first-order chi connectivity index (χ1) is 8.27. The number of hydrogen-bond acceptors (Lipinski definition) is 3. The minimum atomic E-state index is 0.177. The van der Waals surface area contributed by atoms with Crippen molar-refractivity contribution in [1.82, 2.24) is 10.2 Å². The molecule has 0 radical (unpaired) electrons. The van der Waals surface area contributed by atoms with Gasteiger partial charge in [-0.3, -0.25) is 4.79 Å². The summed E-state index contributed by atoms with van der Waals surface area (Å²) in [4.78, 5) is 14.0. The van der Waals surface area contributed by atoms with E-state index in [0.717, 1.165) is 45.3 Å². The van der Waals surface area contributed by atoms with Gasteiger partial charge in [0, 0.05) is 12.6 Å². The van der Waals surface area contributed by atoms with E-state index in [1.165, 1.54) is 6.42 Å². The average molecular weight is 240 g/mol. The Hall–Kier alpha value is -0.610. The van der Waals surface area contributed by atoms with Crippen LogP contribution in [0.2, 0.25) is 0 Å². The quantitative estimate of drug-likeness (QED) is 0.805. The van der Waals surface area contributed by atoms with Crippen LogP contribution in [0.5, 0.6) is 0 Å². The van der Waals surface area contributed by atoms with Gasteiger partial charge in [0.15, 0.2) is 0 Å². The molecule has 4 heteroatoms. The molecule has 0 aliphatic carbocycles. The monoisotopic (exact) mass is 240 g/mol. The van der Waals surface area contributed by atoms with Gasteiger partial charge in [-0.2, -0.15) is 0 Å². The molecule has 1 atom stereocenters. The summed E-state index contributed by atoms with van der Waals surface area (Å²) in [6.07, 6.45) is 5.87. The maximum Gasteiger partial charge on any atom is 0.248 e. The molecule has 0 bridgehead atoms. The zero-order valence-electron chi connectivity index (χ0n) is 10.8. The second-order valence-electron chi connectivity index (χ2n) is 5.19. The standard InChI is InChI=1S/C13H24N2O2/c1-11-4-2-3-9-15(11)13(16)10-17-12-5-7-14-8-6-12/h11-12,14H,2-10H2,1H3. The summed E-state index contributed by atoms with van der Waals surface area (Å²) in [7, 11) is 0. The zero-order chi connectivity index (χ0) is 12.1. The van der Waals surface area contributed by atoms with E-state index in [-0.39, 0.29) is 18.6 Å². The topological polar surface area (TPSA) is 41.6 Å². The summed E-state index contributed by atoms with van der Waals surface area (Å²) in [6.45, 7) is 5.35. The van der Waals surface area contributed by atoms with Crippen molar-refractivity contribution in [3.8, 4) is 0 Å². The molecule has 2 aliphatic heterocycles. The third kappa shape index (κ3) is 3.68. The maximum absolute atomic E-state index is 12.0. The number of hydrogen-bond donors (Lipinski definition) is 1. The summed E-state index contributed by atoms with van der Waals surface area (Å²) < 4.78 is 5.72. The number of likely N-dealkylation sites (tertiary alicyclic amines) is 1. The molecular formula is C13H24N2O2. The van der Waals surface area contributed by atoms with Crippen molar-refractivity contribution in [3.05, 3.63) is 0 Å². The van der Waals surface area contributed by atoms with Crippen LogP contribution in [-0.2, 0) is 9.53 Å². The van der Waals surface area contributed by atoms with Crippen LogP contribution >= 0.6 is 0 Å². The van der Waals surface area contributed by atoms with Crippen LogP contribution in [0.4, 0.5) is 0 Å². The van der Waals surface area contributed by atoms with Crippen molar-refractivity contribution in [2.24, 2.45) is 0 Å². The normalized spacial score (nSPS) is 27.1. The van der Waals surface area contributed by atoms with E-state index in [1.54, 1.807) is 0 Å². The van der Waals surface area contributed by atoms with Crippen molar-refractivity contribution in [1.29, 1.82) is 0 Å². The van der Waals surface area contributed by atoms with Crippen molar-refractivity contribution >= 4 is 5.91 Å². The molecule has 2 rings (SSSR count). The molecule has 2 aliphatic rings. The van der Waals surface area contributed by atoms with Gasteiger partial charge >= 0.3 is 0 Å². The molecule has 17 heavy (non-hydrogen) atoms. The summed E-state index contributed by atoms with van der Waals surface area (Å²) in [5.41, 5.74) is 0. The number of nitrogens with one attached hydrogen (secondary N) is 1. The van der Waals surface area contributed by atoms with Crippen molar-refractivity contribution < 1.29 is 9.53 Å². The highest BCUT2D eigenvalue weighted by atomic mass is 16.5. The number of nitrogens with zero attached hydrogens (tertiary/aromatic N) is 1. The van der Waals surface area contributed by atoms with Gasteiger partial charge in [-0.25, -0.2) is 0 Å². The number of carbonyl (C=O) groups excluding carboxylic acids is 1. The van der Waals surface area contributed by atoms with Crippen LogP contribution in [0.1, 0.15) is 39.0 Å². The van der Waals surface area contributed by atoms with Crippen LogP contribution in [0.25, 0.3) is 0 Å². The molecule has 1 N–H and O–H groups in total. The van der Waals surface area contributed by atoms with Crippen LogP contribution in [0.15, 0.2) is 0 Å². The molecule has 2 heterocycles. The van der Waals surface area contributed by atoms with Crippen LogP contribution in [0, 0.1) is 0 Å². The Bertz CT molecular complexity index is 252. The summed E-state index contributed by atoms with van der Waals surface area (Å²) in [5, 5.41) is 3.30. The SMILES string of the molecule is CC1CCCCN1C(=O)COC1CCNCC1. The molecule has 98 valence electrons. The number of piperidine rings is 2. The molecular weight excluding hydrogens is 216 g/mol. The first kappa shape index (κ1) is 12.8. The van der Waals surface area contributed by atoms with E-state index in [2.05, 4.69) is 12.2 Å². The lowest BCUT2D eigenvalue weighted by Crippen LogP contribution is -2.44. The van der Waals surface area contributed by atoms with Gasteiger partial charge in [-0.15, -0.1) is 0 Å². The molecule has 1 amide bonds. The van der Waals surface area contributed by atoms with Crippen molar-refractivity contribution in [2.75, 3.05) is 26.2 Å². The van der Waals surface area contributed by atoms with E-state index in [0.29, 0.717) is 6.04 Å². The van der Waals surface area contributed by atoms with E-state index in [9.17, 15) is 4.79 Å². The molecule has 0 aromatic rings. The Morgan fingerprint density at radius 3 is 2.76 bits per heavy atom. The van der Waals surface area contributed by atoms with Gasteiger partial charge in [0.05, 0.1) is 6.10 Å². The van der Waals surface area contributed by atoms with E-state index < -0.39 is 0 Å². The van der Waals surface area contributed by atoms with Crippen molar-refractivity contribution in [3.63, 3.8) is 0 Å². The van der Waals surface area contributed by atoms with Gasteiger partial charge in [0.25, 0.3) is 0 Å². The first-order valence-corrected chi connectivity index (χ1v) is 6.89. The highest BCUT2D eigenvalue weighted by Gasteiger charge is 2.24. The number of rotatable bonds is 3. The Labute approximate surface area is 104 Å². The number of amides is 1. The van der Waals surface area contributed by atoms with E-state index in [4.69, 9.17) is 4.74 Å². The van der Waals surface area contributed by atoms with Crippen LogP contribution < -0.4 is 5.32 Å². The number of carbonyl (C=O) groups is 1. The van der Waals surface area contributed by atoms with Crippen molar-refractivity contribution in [2.45, 2.75) is 51.2 Å². The predicted molar refractivity (Wildman–Crippen MR) is 66.9 cm³/mol. The second-order valence-corrected chi connectivity index (χ2v) is 5.19. The number of ether oxygens (including phenoxy) is 1. The smallest absolute Gasteiger partial charge is 0.248 e. The molecule has 0 spiro atoms. The van der Waals surface area contributed by atoms with Gasteiger partial charge in [0.1, 0.15) is 6.61 Å². The van der Waals surface area contributed by atoms with Gasteiger partial charge in [-0.1, -0.05) is 0 Å². The molecule has 0 saturated carbocycles. The summed E-state index contributed by atoms with van der Waals surface area (Å²) >= 11 is 0. The second kappa shape index (κ2) is 6.36. The average Bonchev–Trinajstić information content (AvgIpc) is 2.38. The van der Waals surface area contributed by atoms with Gasteiger partial charge in [0.2, 0.25) is 5.91 Å². The fourth-order valence-electron chi connectivity index (χ4n) is 2.70. The predicted octanol–water partition coefficient (Wildman–Crippen LogP) is 1.16. The highest BCUT2D eigenvalue weighted by molar-refractivity contribution is 5.77. The van der Waals surface area contributed by atoms with E-state index in [1.807, 2.05) is 4.90 Å². The highest BCUT2D eigenvalue weighted by Crippen LogP contribution is 2.17. The van der Waals surface area contributed by atoms with Gasteiger partial charge < -0.3 is 15.0 Å². The summed E-state index contributed by atoms with van der Waals surface area (Å²) in [5.74, 6) is 0.177. The lowest BCUT2D eigenvalue weighted by atomic mass is 10.0. The fraction of sp³-hybridized carbons (Fsp3) is 0.923. The lowest BCUT2D eigenvalue weighted by molar-refractivity contribution is -0.142. The molecule has 2 fully saturated rings. The maximum atomic E-state index is 12.0. The summed E-state index contributed by atoms with van der Waals surface area (Å²) in [6, 6.07) is 0.396. The molecule has 1 unspecified atom stereocenters. The Balaban J connectivity index is 1.72. The molecule has 2 saturated heterocycles. The van der Waals surface area contributed by atoms with Crippen LogP contribution in [0.3, 0.4) is 0 Å². The lowest BCUT2D eigenvalue weighted by Gasteiger charge is -2.34. The first-order valence-electron chi connectivity index (χ1n) is 6.89. The third-order valence-electron chi connectivity index (χ3n) is 3.85. The largest absolute Gasteiger partial charge is 0.368 e. The minimum Gasteiger partial charge on any atom is -0.368 e. The molecule has 0 aromatic heterocycles. The van der Waals surface area contributed by atoms with Crippen LogP contribution in [-0.4, -0.2) is 49.2 Å². The third-order valence-corrected chi connectivity index (χ3v) is 3.85. The Kier molecular flexibility index (Phi) is 4.80. The Morgan fingerprint density at radius 2 is 2.06 bits per heavy atom.